The fourth-order valence-corrected chi connectivity index (χ4v) is 1.37. The zero-order chi connectivity index (χ0) is 9.84. The molecular weight excluding hydrogens is 186 g/mol. The number of ether oxygens (including phenoxy) is 1. The van der Waals surface area contributed by atoms with Crippen LogP contribution in [0, 0.1) is 6.57 Å². The number of benzene rings is 1. The average molecular weight is 196 g/mol. The van der Waals surface area contributed by atoms with Gasteiger partial charge in [0, 0.05) is 6.92 Å². The third kappa shape index (κ3) is 2.13. The summed E-state index contributed by atoms with van der Waals surface area (Å²) < 4.78 is 5.00. The summed E-state index contributed by atoms with van der Waals surface area (Å²) in [6, 6.07) is 5.16. The van der Waals surface area contributed by atoms with E-state index in [0.29, 0.717) is 10.8 Å². The van der Waals surface area contributed by atoms with Gasteiger partial charge in [0.25, 0.3) is 0 Å². The van der Waals surface area contributed by atoms with Gasteiger partial charge in [0.1, 0.15) is 5.75 Å². The van der Waals surface area contributed by atoms with Crippen molar-refractivity contribution < 1.29 is 4.74 Å². The van der Waals surface area contributed by atoms with Crippen LogP contribution in [-0.2, 0) is 0 Å². The lowest BCUT2D eigenvalue weighted by atomic mass is 10.1. The van der Waals surface area contributed by atoms with Crippen LogP contribution < -0.4 is 4.74 Å². The molecule has 0 aliphatic heterocycles. The van der Waals surface area contributed by atoms with Crippen molar-refractivity contribution in [3.8, 4) is 5.75 Å². The van der Waals surface area contributed by atoms with Gasteiger partial charge in [-0.15, -0.1) is 0 Å². The summed E-state index contributed by atoms with van der Waals surface area (Å²) in [4.78, 5) is 3.40. The molecule has 0 aromatic heterocycles. The van der Waals surface area contributed by atoms with Gasteiger partial charge in [0.15, 0.2) is 0 Å². The molecule has 1 unspecified atom stereocenters. The summed E-state index contributed by atoms with van der Waals surface area (Å²) in [7, 11) is 1.59. The van der Waals surface area contributed by atoms with E-state index >= 15 is 0 Å². The summed E-state index contributed by atoms with van der Waals surface area (Å²) in [5.41, 5.74) is 0.845. The zero-order valence-corrected chi connectivity index (χ0v) is 8.30. The molecule has 0 spiro atoms. The maximum atomic E-state index is 6.88. The molecule has 0 fully saturated rings. The van der Waals surface area contributed by atoms with Crippen molar-refractivity contribution in [2.24, 2.45) is 0 Å². The largest absolute Gasteiger partial charge is 0.497 e. The normalized spacial score (nSPS) is 11.8. The van der Waals surface area contributed by atoms with Gasteiger partial charge in [-0.2, -0.15) is 0 Å². The van der Waals surface area contributed by atoms with Crippen molar-refractivity contribution in [3.05, 3.63) is 40.2 Å². The van der Waals surface area contributed by atoms with E-state index in [9.17, 15) is 0 Å². The Morgan fingerprint density at radius 1 is 1.54 bits per heavy atom. The molecule has 0 aliphatic rings. The van der Waals surface area contributed by atoms with Crippen molar-refractivity contribution in [2.75, 3.05) is 7.11 Å². The molecule has 0 radical (unpaired) electrons. The highest BCUT2D eigenvalue weighted by Crippen LogP contribution is 2.28. The Morgan fingerprint density at radius 3 is 2.69 bits per heavy atom. The molecule has 1 rings (SSSR count). The summed E-state index contributed by atoms with van der Waals surface area (Å²) in [5, 5.41) is 0.586. The fraction of sp³-hybridized carbons (Fsp3) is 0.300. The van der Waals surface area contributed by atoms with Gasteiger partial charge in [-0.3, -0.25) is 0 Å². The first-order valence-corrected chi connectivity index (χ1v) is 4.27. The van der Waals surface area contributed by atoms with E-state index in [1.165, 1.54) is 0 Å². The van der Waals surface area contributed by atoms with Gasteiger partial charge >= 0.3 is 0 Å². The quantitative estimate of drug-likeness (QED) is 0.660. The molecule has 0 saturated carbocycles. The van der Waals surface area contributed by atoms with Crippen LogP contribution in [0.3, 0.4) is 0 Å². The highest BCUT2D eigenvalue weighted by molar-refractivity contribution is 6.31. The maximum absolute atomic E-state index is 6.88. The number of methoxy groups -OCH3 is 1. The first-order chi connectivity index (χ1) is 6.19. The molecule has 2 nitrogen and oxygen atoms in total. The van der Waals surface area contributed by atoms with Gasteiger partial charge < -0.3 is 9.58 Å². The molecule has 0 N–H and O–H groups in total. The highest BCUT2D eigenvalue weighted by atomic mass is 35.5. The van der Waals surface area contributed by atoms with Crippen LogP contribution in [0.4, 0.5) is 0 Å². The fourth-order valence-electron chi connectivity index (χ4n) is 1.04. The molecule has 0 saturated heterocycles. The molecule has 1 atom stereocenters. The second-order valence-electron chi connectivity index (χ2n) is 2.69. The molecule has 0 heterocycles. The molecule has 68 valence electrons. The lowest BCUT2D eigenvalue weighted by Gasteiger charge is -2.05. The molecule has 3 heteroatoms. The van der Waals surface area contributed by atoms with Crippen LogP contribution in [-0.4, -0.2) is 7.11 Å². The Morgan fingerprint density at radius 2 is 2.23 bits per heavy atom. The van der Waals surface area contributed by atoms with Crippen LogP contribution in [0.25, 0.3) is 4.85 Å². The average Bonchev–Trinajstić information content (AvgIpc) is 2.16. The predicted molar refractivity (Wildman–Crippen MR) is 53.0 cm³/mol. The van der Waals surface area contributed by atoms with Crippen LogP contribution >= 0.6 is 11.6 Å². The minimum absolute atomic E-state index is 0.196. The standard InChI is InChI=1S/C10H10ClNO/c1-7(12-2)9-5-4-8(13-3)6-10(9)11/h4-7H,1,3H3. The summed E-state index contributed by atoms with van der Waals surface area (Å²) in [6.07, 6.45) is 0. The van der Waals surface area contributed by atoms with Crippen LogP contribution in [0.5, 0.6) is 5.75 Å². The van der Waals surface area contributed by atoms with E-state index in [0.717, 1.165) is 5.56 Å². The van der Waals surface area contributed by atoms with Gasteiger partial charge in [0.2, 0.25) is 6.04 Å². The smallest absolute Gasteiger partial charge is 0.247 e. The van der Waals surface area contributed by atoms with Crippen molar-refractivity contribution in [1.29, 1.82) is 0 Å². The topological polar surface area (TPSA) is 13.6 Å². The predicted octanol–water partition coefficient (Wildman–Crippen LogP) is 3.33. The lowest BCUT2D eigenvalue weighted by Crippen LogP contribution is -1.90. The highest BCUT2D eigenvalue weighted by Gasteiger charge is 2.12. The van der Waals surface area contributed by atoms with Gasteiger partial charge in [-0.25, -0.2) is 6.57 Å². The van der Waals surface area contributed by atoms with E-state index in [1.807, 2.05) is 19.1 Å². The lowest BCUT2D eigenvalue weighted by molar-refractivity contribution is 0.414. The number of halogens is 1. The Balaban J connectivity index is 3.06. The Kier molecular flexibility index (Phi) is 3.16. The van der Waals surface area contributed by atoms with Crippen molar-refractivity contribution >= 4 is 11.6 Å². The number of rotatable bonds is 2. The first-order valence-electron chi connectivity index (χ1n) is 3.89. The second kappa shape index (κ2) is 4.15. The minimum Gasteiger partial charge on any atom is -0.497 e. The molecular formula is C10H10ClNO. The number of hydrogen-bond donors (Lipinski definition) is 0. The molecule has 1 aromatic carbocycles. The van der Waals surface area contributed by atoms with Crippen molar-refractivity contribution in [2.45, 2.75) is 13.0 Å². The van der Waals surface area contributed by atoms with E-state index in [-0.39, 0.29) is 6.04 Å². The second-order valence-corrected chi connectivity index (χ2v) is 3.10. The number of nitrogens with zero attached hydrogens (tertiary/aromatic N) is 1. The third-order valence-corrected chi connectivity index (χ3v) is 2.18. The molecule has 1 aromatic rings. The Hall–Kier alpha value is -1.20. The molecule has 0 amide bonds. The summed E-state index contributed by atoms with van der Waals surface area (Å²) in [6.45, 7) is 8.70. The molecule has 13 heavy (non-hydrogen) atoms. The first kappa shape index (κ1) is 9.88. The van der Waals surface area contributed by atoms with Gasteiger partial charge in [-0.1, -0.05) is 11.6 Å². The third-order valence-electron chi connectivity index (χ3n) is 1.85. The minimum atomic E-state index is -0.196. The van der Waals surface area contributed by atoms with Gasteiger partial charge in [0.05, 0.1) is 17.7 Å². The van der Waals surface area contributed by atoms with E-state index in [2.05, 4.69) is 4.85 Å². The Bertz CT molecular complexity index is 343. The van der Waals surface area contributed by atoms with Gasteiger partial charge in [-0.05, 0) is 18.2 Å². The van der Waals surface area contributed by atoms with Crippen LogP contribution in [0.1, 0.15) is 18.5 Å². The van der Waals surface area contributed by atoms with Crippen molar-refractivity contribution in [1.82, 2.24) is 0 Å². The Labute approximate surface area is 82.9 Å². The maximum Gasteiger partial charge on any atom is 0.247 e. The SMILES string of the molecule is [C-]#[N+]C(C)c1ccc(OC)cc1Cl. The number of hydrogen-bond acceptors (Lipinski definition) is 1. The van der Waals surface area contributed by atoms with Crippen LogP contribution in [0.15, 0.2) is 18.2 Å². The monoisotopic (exact) mass is 195 g/mol. The van der Waals surface area contributed by atoms with Crippen molar-refractivity contribution in [3.63, 3.8) is 0 Å². The van der Waals surface area contributed by atoms with E-state index < -0.39 is 0 Å². The van der Waals surface area contributed by atoms with E-state index in [1.54, 1.807) is 13.2 Å². The van der Waals surface area contributed by atoms with E-state index in [4.69, 9.17) is 22.9 Å². The van der Waals surface area contributed by atoms with Crippen LogP contribution in [0.2, 0.25) is 5.02 Å². The molecule has 0 aliphatic carbocycles. The zero-order valence-electron chi connectivity index (χ0n) is 7.54. The summed E-state index contributed by atoms with van der Waals surface area (Å²) in [5.74, 6) is 0.714. The summed E-state index contributed by atoms with van der Waals surface area (Å²) >= 11 is 5.96. The molecule has 0 bridgehead atoms.